The summed E-state index contributed by atoms with van der Waals surface area (Å²) in [7, 11) is 0. The molecular weight excluding hydrogens is 240 g/mol. The molecule has 1 N–H and O–H groups in total. The molecule has 0 unspecified atom stereocenters. The maximum Gasteiger partial charge on any atom is 0.407 e. The van der Waals surface area contributed by atoms with Gasteiger partial charge in [0, 0.05) is 43.7 Å². The number of hydrogen-bond acceptors (Lipinski definition) is 2. The summed E-state index contributed by atoms with van der Waals surface area (Å²) in [5, 5.41) is 9.21. The van der Waals surface area contributed by atoms with Crippen molar-refractivity contribution in [3.05, 3.63) is 29.3 Å². The highest BCUT2D eigenvalue weighted by atomic mass is 16.4. The van der Waals surface area contributed by atoms with Gasteiger partial charge < -0.3 is 14.9 Å². The van der Waals surface area contributed by atoms with Crippen LogP contribution in [0.1, 0.15) is 23.5 Å². The van der Waals surface area contributed by atoms with Crippen molar-refractivity contribution >= 4 is 11.8 Å². The Hall–Kier alpha value is -1.71. The minimum atomic E-state index is -0.770. The van der Waals surface area contributed by atoms with Gasteiger partial charge in [0.25, 0.3) is 0 Å². The largest absolute Gasteiger partial charge is 0.465 e. The summed E-state index contributed by atoms with van der Waals surface area (Å²) in [5.41, 5.74) is 4.26. The van der Waals surface area contributed by atoms with E-state index in [-0.39, 0.29) is 0 Å². The van der Waals surface area contributed by atoms with E-state index >= 15 is 0 Å². The zero-order valence-electron chi connectivity index (χ0n) is 10.9. The summed E-state index contributed by atoms with van der Waals surface area (Å²) in [5.74, 6) is 0.873. The number of carboxylic acid groups (broad SMARTS) is 1. The summed E-state index contributed by atoms with van der Waals surface area (Å²) >= 11 is 0. The predicted molar refractivity (Wildman–Crippen MR) is 72.8 cm³/mol. The van der Waals surface area contributed by atoms with E-state index in [9.17, 15) is 9.90 Å². The molecule has 0 aromatic heterocycles. The van der Waals surface area contributed by atoms with Crippen molar-refractivity contribution in [1.29, 1.82) is 0 Å². The number of nitrogens with zero attached hydrogens (tertiary/aromatic N) is 2. The van der Waals surface area contributed by atoms with Crippen LogP contribution in [-0.4, -0.2) is 42.3 Å². The van der Waals surface area contributed by atoms with E-state index in [1.165, 1.54) is 29.7 Å². The third kappa shape index (κ3) is 1.55. The lowest BCUT2D eigenvalue weighted by Gasteiger charge is -2.41. The quantitative estimate of drug-likeness (QED) is 0.775. The Bertz CT molecular complexity index is 543. The van der Waals surface area contributed by atoms with Gasteiger partial charge in [0.15, 0.2) is 0 Å². The topological polar surface area (TPSA) is 43.8 Å². The van der Waals surface area contributed by atoms with Crippen molar-refractivity contribution < 1.29 is 9.90 Å². The van der Waals surface area contributed by atoms with Gasteiger partial charge in [-0.25, -0.2) is 4.79 Å². The number of fused-ring (bicyclic) bond motifs is 2. The van der Waals surface area contributed by atoms with Gasteiger partial charge in [-0.3, -0.25) is 0 Å². The molecule has 3 aliphatic heterocycles. The molecule has 0 bridgehead atoms. The lowest BCUT2D eigenvalue weighted by molar-refractivity contribution is 0.154. The number of amides is 1. The molecule has 1 fully saturated rings. The first-order valence-electron chi connectivity index (χ1n) is 7.08. The number of anilines is 1. The van der Waals surface area contributed by atoms with E-state index in [4.69, 9.17) is 0 Å². The standard InChI is InChI=1S/C15H18N2O2/c18-15(19)17-8-11-7-16-6-2-4-10-3-1-5-12(14(10)16)13(11)9-17/h1,3,5,11,13H,2,4,6-9H2,(H,18,19)/t11-,13+/m0/s1. The molecule has 100 valence electrons. The third-order valence-electron chi connectivity index (χ3n) is 4.91. The van der Waals surface area contributed by atoms with Gasteiger partial charge in [-0.2, -0.15) is 0 Å². The van der Waals surface area contributed by atoms with Gasteiger partial charge in [0.2, 0.25) is 0 Å². The lowest BCUT2D eigenvalue weighted by atomic mass is 9.80. The van der Waals surface area contributed by atoms with Crippen LogP contribution in [0.25, 0.3) is 0 Å². The van der Waals surface area contributed by atoms with Crippen molar-refractivity contribution in [3.8, 4) is 0 Å². The minimum Gasteiger partial charge on any atom is -0.465 e. The van der Waals surface area contributed by atoms with Crippen LogP contribution in [0.15, 0.2) is 18.2 Å². The fraction of sp³-hybridized carbons (Fsp3) is 0.533. The second-order valence-electron chi connectivity index (χ2n) is 5.96. The molecule has 4 heteroatoms. The molecule has 0 radical (unpaired) electrons. The Labute approximate surface area is 112 Å². The molecule has 3 heterocycles. The molecule has 1 aromatic carbocycles. The highest BCUT2D eigenvalue weighted by molar-refractivity contribution is 5.68. The smallest absolute Gasteiger partial charge is 0.407 e. The van der Waals surface area contributed by atoms with Gasteiger partial charge in [-0.15, -0.1) is 0 Å². The molecule has 0 saturated carbocycles. The van der Waals surface area contributed by atoms with E-state index in [0.29, 0.717) is 24.9 Å². The van der Waals surface area contributed by atoms with E-state index in [1.54, 1.807) is 4.90 Å². The number of benzene rings is 1. The predicted octanol–water partition coefficient (Wildman–Crippen LogP) is 2.15. The number of hydrogen-bond donors (Lipinski definition) is 1. The third-order valence-corrected chi connectivity index (χ3v) is 4.91. The fourth-order valence-electron chi connectivity index (χ4n) is 4.10. The normalized spacial score (nSPS) is 28.0. The Morgan fingerprint density at radius 1 is 1.26 bits per heavy atom. The summed E-state index contributed by atoms with van der Waals surface area (Å²) in [4.78, 5) is 15.3. The Kier molecular flexibility index (Phi) is 2.28. The lowest BCUT2D eigenvalue weighted by Crippen LogP contribution is -2.40. The summed E-state index contributed by atoms with van der Waals surface area (Å²) < 4.78 is 0. The summed E-state index contributed by atoms with van der Waals surface area (Å²) in [6.45, 7) is 3.52. The van der Waals surface area contributed by atoms with Crippen molar-refractivity contribution in [2.75, 3.05) is 31.1 Å². The van der Waals surface area contributed by atoms with Gasteiger partial charge in [0.05, 0.1) is 0 Å². The molecular formula is C15H18N2O2. The van der Waals surface area contributed by atoms with Crippen LogP contribution in [0.4, 0.5) is 10.5 Å². The molecule has 4 rings (SSSR count). The molecule has 1 amide bonds. The van der Waals surface area contributed by atoms with Crippen molar-refractivity contribution in [2.45, 2.75) is 18.8 Å². The van der Waals surface area contributed by atoms with Crippen LogP contribution >= 0.6 is 0 Å². The maximum atomic E-state index is 11.2. The Morgan fingerprint density at radius 3 is 3.00 bits per heavy atom. The summed E-state index contributed by atoms with van der Waals surface area (Å²) in [6, 6.07) is 6.58. The number of para-hydroxylation sites is 1. The average molecular weight is 258 g/mol. The average Bonchev–Trinajstić information content (AvgIpc) is 2.84. The van der Waals surface area contributed by atoms with Gasteiger partial charge in [-0.05, 0) is 24.0 Å². The van der Waals surface area contributed by atoms with Crippen LogP contribution in [0.3, 0.4) is 0 Å². The number of aryl methyl sites for hydroxylation is 1. The summed E-state index contributed by atoms with van der Waals surface area (Å²) in [6.07, 6.45) is 1.62. The highest BCUT2D eigenvalue weighted by Crippen LogP contribution is 2.45. The Morgan fingerprint density at radius 2 is 2.16 bits per heavy atom. The van der Waals surface area contributed by atoms with Crippen molar-refractivity contribution in [2.24, 2.45) is 5.92 Å². The fourth-order valence-corrected chi connectivity index (χ4v) is 4.10. The minimum absolute atomic E-state index is 0.403. The van der Waals surface area contributed by atoms with Crippen LogP contribution < -0.4 is 4.90 Å². The first kappa shape index (κ1) is 11.1. The monoisotopic (exact) mass is 258 g/mol. The molecule has 19 heavy (non-hydrogen) atoms. The first-order chi connectivity index (χ1) is 9.24. The maximum absolute atomic E-state index is 11.2. The second kappa shape index (κ2) is 3.89. The molecule has 1 saturated heterocycles. The first-order valence-corrected chi connectivity index (χ1v) is 7.08. The van der Waals surface area contributed by atoms with Gasteiger partial charge >= 0.3 is 6.09 Å². The van der Waals surface area contributed by atoms with Crippen LogP contribution in [0.2, 0.25) is 0 Å². The highest BCUT2D eigenvalue weighted by Gasteiger charge is 2.42. The van der Waals surface area contributed by atoms with E-state index in [0.717, 1.165) is 13.1 Å². The van der Waals surface area contributed by atoms with E-state index in [2.05, 4.69) is 23.1 Å². The number of likely N-dealkylation sites (tertiary alicyclic amines) is 1. The SMILES string of the molecule is O=C(O)N1C[C@@H]2CN3CCCc4cccc(c43)[C@@H]2C1. The molecule has 0 aliphatic carbocycles. The number of carbonyl (C=O) groups is 1. The van der Waals surface area contributed by atoms with Crippen molar-refractivity contribution in [1.82, 2.24) is 4.90 Å². The number of rotatable bonds is 0. The van der Waals surface area contributed by atoms with E-state index in [1.807, 2.05) is 0 Å². The molecule has 0 spiro atoms. The van der Waals surface area contributed by atoms with Gasteiger partial charge in [0.1, 0.15) is 0 Å². The Balaban J connectivity index is 1.78. The molecule has 2 atom stereocenters. The zero-order valence-corrected chi connectivity index (χ0v) is 10.9. The molecule has 1 aromatic rings. The van der Waals surface area contributed by atoms with Crippen LogP contribution in [-0.2, 0) is 6.42 Å². The zero-order chi connectivity index (χ0) is 13.0. The van der Waals surface area contributed by atoms with Crippen LogP contribution in [0, 0.1) is 5.92 Å². The molecule has 3 aliphatic rings. The molecule has 4 nitrogen and oxygen atoms in total. The van der Waals surface area contributed by atoms with Crippen LogP contribution in [0.5, 0.6) is 0 Å². The second-order valence-corrected chi connectivity index (χ2v) is 5.96. The van der Waals surface area contributed by atoms with Crippen molar-refractivity contribution in [3.63, 3.8) is 0 Å². The van der Waals surface area contributed by atoms with Gasteiger partial charge in [-0.1, -0.05) is 18.2 Å². The van der Waals surface area contributed by atoms with E-state index < -0.39 is 6.09 Å².